The number of benzene rings is 2. The average molecular weight is 280 g/mol. The van der Waals surface area contributed by atoms with Gasteiger partial charge in [-0.1, -0.05) is 54.1 Å². The van der Waals surface area contributed by atoms with E-state index in [4.69, 9.17) is 5.73 Å². The summed E-state index contributed by atoms with van der Waals surface area (Å²) < 4.78 is 0. The van der Waals surface area contributed by atoms with E-state index in [0.717, 1.165) is 25.8 Å². The Kier molecular flexibility index (Phi) is 4.09. The zero-order valence-electron chi connectivity index (χ0n) is 12.7. The van der Waals surface area contributed by atoms with Gasteiger partial charge in [-0.2, -0.15) is 0 Å². The van der Waals surface area contributed by atoms with Crippen molar-refractivity contribution in [2.45, 2.75) is 38.3 Å². The molecule has 0 saturated heterocycles. The molecular formula is C19H24N2. The molecule has 3 rings (SSSR count). The van der Waals surface area contributed by atoms with Gasteiger partial charge in [0.1, 0.15) is 0 Å². The summed E-state index contributed by atoms with van der Waals surface area (Å²) in [5, 5.41) is 3.74. The highest BCUT2D eigenvalue weighted by atomic mass is 15.0. The molecule has 0 radical (unpaired) electrons. The lowest BCUT2D eigenvalue weighted by Gasteiger charge is -2.38. The second-order valence-corrected chi connectivity index (χ2v) is 6.27. The molecule has 0 aromatic heterocycles. The molecular weight excluding hydrogens is 256 g/mol. The molecule has 1 atom stereocenters. The van der Waals surface area contributed by atoms with Crippen LogP contribution in [0.15, 0.2) is 48.5 Å². The average Bonchev–Trinajstić information content (AvgIpc) is 2.53. The third-order valence-corrected chi connectivity index (χ3v) is 4.66. The van der Waals surface area contributed by atoms with Gasteiger partial charge in [-0.05, 0) is 42.9 Å². The van der Waals surface area contributed by atoms with E-state index < -0.39 is 0 Å². The molecule has 0 heterocycles. The Morgan fingerprint density at radius 3 is 2.67 bits per heavy atom. The first-order valence-corrected chi connectivity index (χ1v) is 7.78. The number of nitrogens with one attached hydrogen (secondary N) is 1. The molecule has 2 heteroatoms. The maximum Gasteiger partial charge on any atom is 0.0350 e. The van der Waals surface area contributed by atoms with Crippen molar-refractivity contribution in [3.05, 3.63) is 70.8 Å². The van der Waals surface area contributed by atoms with Crippen molar-refractivity contribution in [3.63, 3.8) is 0 Å². The summed E-state index contributed by atoms with van der Waals surface area (Å²) >= 11 is 0. The predicted molar refractivity (Wildman–Crippen MR) is 88.3 cm³/mol. The Morgan fingerprint density at radius 2 is 1.90 bits per heavy atom. The van der Waals surface area contributed by atoms with Gasteiger partial charge in [0.25, 0.3) is 0 Å². The van der Waals surface area contributed by atoms with Crippen LogP contribution in [0, 0.1) is 6.92 Å². The first kappa shape index (κ1) is 14.3. The van der Waals surface area contributed by atoms with Crippen LogP contribution < -0.4 is 11.1 Å². The monoisotopic (exact) mass is 280 g/mol. The normalized spacial score (nSPS) is 21.0. The Hall–Kier alpha value is -1.64. The molecule has 0 aliphatic heterocycles. The summed E-state index contributed by atoms with van der Waals surface area (Å²) in [6, 6.07) is 17.4. The highest BCUT2D eigenvalue weighted by Crippen LogP contribution is 2.29. The van der Waals surface area contributed by atoms with E-state index in [1.165, 1.54) is 22.3 Å². The van der Waals surface area contributed by atoms with E-state index in [-0.39, 0.29) is 5.54 Å². The van der Waals surface area contributed by atoms with Crippen molar-refractivity contribution in [3.8, 4) is 0 Å². The van der Waals surface area contributed by atoms with Crippen LogP contribution in [0.1, 0.15) is 28.7 Å². The summed E-state index contributed by atoms with van der Waals surface area (Å²) in [4.78, 5) is 0. The molecule has 0 amide bonds. The maximum absolute atomic E-state index is 6.14. The Balaban J connectivity index is 1.76. The van der Waals surface area contributed by atoms with E-state index in [1.54, 1.807) is 0 Å². The fourth-order valence-electron chi connectivity index (χ4n) is 3.27. The van der Waals surface area contributed by atoms with Crippen LogP contribution in [0.5, 0.6) is 0 Å². The minimum Gasteiger partial charge on any atom is -0.329 e. The van der Waals surface area contributed by atoms with Gasteiger partial charge in [0.05, 0.1) is 0 Å². The van der Waals surface area contributed by atoms with E-state index in [9.17, 15) is 0 Å². The maximum atomic E-state index is 6.14. The quantitative estimate of drug-likeness (QED) is 0.903. The Labute approximate surface area is 127 Å². The van der Waals surface area contributed by atoms with Crippen LogP contribution in [0.4, 0.5) is 0 Å². The molecule has 3 N–H and O–H groups in total. The zero-order valence-corrected chi connectivity index (χ0v) is 12.7. The second kappa shape index (κ2) is 6.00. The van der Waals surface area contributed by atoms with Crippen molar-refractivity contribution >= 4 is 0 Å². The van der Waals surface area contributed by atoms with E-state index in [2.05, 4.69) is 60.8 Å². The molecule has 2 aromatic rings. The fourth-order valence-corrected chi connectivity index (χ4v) is 3.27. The van der Waals surface area contributed by atoms with Crippen LogP contribution in [-0.2, 0) is 19.4 Å². The van der Waals surface area contributed by atoms with Gasteiger partial charge in [-0.25, -0.2) is 0 Å². The topological polar surface area (TPSA) is 38.0 Å². The number of aryl methyl sites for hydroxylation is 2. The molecule has 2 nitrogen and oxygen atoms in total. The van der Waals surface area contributed by atoms with Gasteiger partial charge in [-0.3, -0.25) is 0 Å². The van der Waals surface area contributed by atoms with Gasteiger partial charge < -0.3 is 11.1 Å². The highest BCUT2D eigenvalue weighted by molar-refractivity contribution is 5.36. The number of hydrogen-bond donors (Lipinski definition) is 2. The predicted octanol–water partition coefficient (Wildman–Crippen LogP) is 2.97. The number of hydrogen-bond acceptors (Lipinski definition) is 2. The van der Waals surface area contributed by atoms with Crippen LogP contribution >= 0.6 is 0 Å². The largest absolute Gasteiger partial charge is 0.329 e. The molecule has 21 heavy (non-hydrogen) atoms. The van der Waals surface area contributed by atoms with Crippen LogP contribution in [0.2, 0.25) is 0 Å². The standard InChI is InChI=1S/C19H24N2/c1-15-7-8-17-9-10-19(14-20,12-18(17)11-15)21-13-16-5-3-2-4-6-16/h2-8,11,21H,9-10,12-14,20H2,1H3. The van der Waals surface area contributed by atoms with Crippen molar-refractivity contribution in [1.82, 2.24) is 5.32 Å². The van der Waals surface area contributed by atoms with Crippen molar-refractivity contribution in [1.29, 1.82) is 0 Å². The molecule has 0 spiro atoms. The summed E-state index contributed by atoms with van der Waals surface area (Å²) in [7, 11) is 0. The molecule has 0 fully saturated rings. The van der Waals surface area contributed by atoms with Crippen LogP contribution in [0.3, 0.4) is 0 Å². The van der Waals surface area contributed by atoms with Gasteiger partial charge in [0.2, 0.25) is 0 Å². The molecule has 1 unspecified atom stereocenters. The fraction of sp³-hybridized carbons (Fsp3) is 0.368. The molecule has 0 bridgehead atoms. The first-order chi connectivity index (χ1) is 10.2. The smallest absolute Gasteiger partial charge is 0.0350 e. The van der Waals surface area contributed by atoms with Crippen molar-refractivity contribution in [2.75, 3.05) is 6.54 Å². The lowest BCUT2D eigenvalue weighted by molar-refractivity contribution is 0.291. The summed E-state index contributed by atoms with van der Waals surface area (Å²) in [5.41, 5.74) is 11.8. The Morgan fingerprint density at radius 1 is 1.10 bits per heavy atom. The van der Waals surface area contributed by atoms with Crippen molar-refractivity contribution in [2.24, 2.45) is 5.73 Å². The number of fused-ring (bicyclic) bond motifs is 1. The van der Waals surface area contributed by atoms with Gasteiger partial charge in [0.15, 0.2) is 0 Å². The number of nitrogens with two attached hydrogens (primary N) is 1. The van der Waals surface area contributed by atoms with Gasteiger partial charge in [0, 0.05) is 18.6 Å². The lowest BCUT2D eigenvalue weighted by Crippen LogP contribution is -2.54. The second-order valence-electron chi connectivity index (χ2n) is 6.27. The zero-order chi connectivity index (χ0) is 14.7. The molecule has 2 aromatic carbocycles. The number of rotatable bonds is 4. The SMILES string of the molecule is Cc1ccc2c(c1)CC(CN)(NCc1ccccc1)CC2. The van der Waals surface area contributed by atoms with E-state index in [0.29, 0.717) is 6.54 Å². The molecule has 1 aliphatic carbocycles. The molecule has 1 aliphatic rings. The van der Waals surface area contributed by atoms with Crippen LogP contribution in [0.25, 0.3) is 0 Å². The van der Waals surface area contributed by atoms with E-state index >= 15 is 0 Å². The first-order valence-electron chi connectivity index (χ1n) is 7.78. The van der Waals surface area contributed by atoms with Gasteiger partial charge in [-0.15, -0.1) is 0 Å². The highest BCUT2D eigenvalue weighted by Gasteiger charge is 2.32. The summed E-state index contributed by atoms with van der Waals surface area (Å²) in [6.45, 7) is 3.74. The summed E-state index contributed by atoms with van der Waals surface area (Å²) in [6.07, 6.45) is 3.27. The molecule has 0 saturated carbocycles. The van der Waals surface area contributed by atoms with E-state index in [1.807, 2.05) is 0 Å². The Bertz CT molecular complexity index is 606. The van der Waals surface area contributed by atoms with Crippen LogP contribution in [-0.4, -0.2) is 12.1 Å². The van der Waals surface area contributed by atoms with Crippen molar-refractivity contribution < 1.29 is 0 Å². The minimum atomic E-state index is 0.0383. The van der Waals surface area contributed by atoms with Gasteiger partial charge >= 0.3 is 0 Å². The third kappa shape index (κ3) is 3.17. The minimum absolute atomic E-state index is 0.0383. The molecule has 110 valence electrons. The third-order valence-electron chi connectivity index (χ3n) is 4.66. The summed E-state index contributed by atoms with van der Waals surface area (Å²) in [5.74, 6) is 0. The lowest BCUT2D eigenvalue weighted by atomic mass is 9.77.